The van der Waals surface area contributed by atoms with Crippen molar-refractivity contribution in [3.05, 3.63) is 47.0 Å². The maximum Gasteiger partial charge on any atom is 0.272 e. The van der Waals surface area contributed by atoms with Crippen LogP contribution in [-0.2, 0) is 17.6 Å². The topological polar surface area (TPSA) is 90.0 Å². The summed E-state index contributed by atoms with van der Waals surface area (Å²) < 4.78 is 15.6. The van der Waals surface area contributed by atoms with Crippen LogP contribution in [0, 0.1) is 5.82 Å². The van der Waals surface area contributed by atoms with Crippen LogP contribution in [0.4, 0.5) is 4.39 Å². The van der Waals surface area contributed by atoms with E-state index in [2.05, 4.69) is 10.4 Å². The van der Waals surface area contributed by atoms with Gasteiger partial charge in [0.15, 0.2) is 5.69 Å². The summed E-state index contributed by atoms with van der Waals surface area (Å²) in [6.07, 6.45) is 2.30. The first kappa shape index (κ1) is 16.2. The van der Waals surface area contributed by atoms with Gasteiger partial charge in [0.1, 0.15) is 17.0 Å². The molecule has 1 heterocycles. The third-order valence-electron chi connectivity index (χ3n) is 4.27. The van der Waals surface area contributed by atoms with Gasteiger partial charge in [-0.3, -0.25) is 9.59 Å². The van der Waals surface area contributed by atoms with Gasteiger partial charge in [-0.15, -0.1) is 0 Å². The smallest absolute Gasteiger partial charge is 0.272 e. The van der Waals surface area contributed by atoms with E-state index >= 15 is 0 Å². The lowest BCUT2D eigenvalue weighted by Crippen LogP contribution is -2.53. The molecule has 0 saturated heterocycles. The Labute approximate surface area is 138 Å². The van der Waals surface area contributed by atoms with Crippen LogP contribution in [-0.4, -0.2) is 27.1 Å². The summed E-state index contributed by atoms with van der Waals surface area (Å²) in [4.78, 5) is 24.0. The molecular formula is C17H19FN4O2. The molecule has 3 rings (SSSR count). The third kappa shape index (κ3) is 2.66. The fraction of sp³-hybridized carbons (Fsp3) is 0.353. The van der Waals surface area contributed by atoms with Crippen LogP contribution in [0.1, 0.15) is 42.0 Å². The Morgan fingerprint density at radius 1 is 1.29 bits per heavy atom. The number of amides is 2. The first-order chi connectivity index (χ1) is 11.3. The molecule has 0 aliphatic heterocycles. The van der Waals surface area contributed by atoms with Crippen molar-refractivity contribution in [3.63, 3.8) is 0 Å². The van der Waals surface area contributed by atoms with Crippen molar-refractivity contribution in [2.45, 2.75) is 38.6 Å². The standard InChI is InChI=1S/C17H19FN4O2/c1-17(2,16(19)24)20-15(23)14-10-6-5-9-12(10)22(21-14)13-8-4-3-7-11(13)18/h3-4,7-8H,5-6,9H2,1-2H3,(H2,19,24)(H,20,23). The molecule has 0 bridgehead atoms. The van der Waals surface area contributed by atoms with Gasteiger partial charge in [0.25, 0.3) is 5.91 Å². The Morgan fingerprint density at radius 3 is 2.67 bits per heavy atom. The van der Waals surface area contributed by atoms with E-state index < -0.39 is 23.2 Å². The van der Waals surface area contributed by atoms with Gasteiger partial charge in [0, 0.05) is 11.3 Å². The minimum atomic E-state index is -1.19. The fourth-order valence-corrected chi connectivity index (χ4v) is 2.85. The number of carbonyl (C=O) groups excluding carboxylic acids is 2. The summed E-state index contributed by atoms with van der Waals surface area (Å²) in [7, 11) is 0. The van der Waals surface area contributed by atoms with Crippen LogP contribution < -0.4 is 11.1 Å². The lowest BCUT2D eigenvalue weighted by molar-refractivity contribution is -0.122. The molecule has 0 radical (unpaired) electrons. The number of carbonyl (C=O) groups is 2. The number of nitrogens with zero attached hydrogens (tertiary/aromatic N) is 2. The van der Waals surface area contributed by atoms with Gasteiger partial charge in [-0.05, 0) is 45.2 Å². The molecule has 24 heavy (non-hydrogen) atoms. The maximum absolute atomic E-state index is 14.1. The largest absolute Gasteiger partial charge is 0.368 e. The Morgan fingerprint density at radius 2 is 2.00 bits per heavy atom. The molecule has 2 aromatic rings. The van der Waals surface area contributed by atoms with E-state index in [4.69, 9.17) is 5.73 Å². The highest BCUT2D eigenvalue weighted by Gasteiger charge is 2.32. The molecule has 1 aromatic carbocycles. The lowest BCUT2D eigenvalue weighted by atomic mass is 10.0. The Bertz CT molecular complexity index is 826. The van der Waals surface area contributed by atoms with E-state index in [1.54, 1.807) is 18.2 Å². The van der Waals surface area contributed by atoms with Crippen LogP contribution in [0.3, 0.4) is 0 Å². The molecule has 0 fully saturated rings. The second kappa shape index (κ2) is 5.74. The summed E-state index contributed by atoms with van der Waals surface area (Å²) in [6.45, 7) is 3.06. The van der Waals surface area contributed by atoms with Gasteiger partial charge in [0.2, 0.25) is 5.91 Å². The number of nitrogens with one attached hydrogen (secondary N) is 1. The number of rotatable bonds is 4. The van der Waals surface area contributed by atoms with E-state index in [0.29, 0.717) is 12.1 Å². The number of fused-ring (bicyclic) bond motifs is 1. The maximum atomic E-state index is 14.1. The normalized spacial score (nSPS) is 13.6. The van der Waals surface area contributed by atoms with Crippen molar-refractivity contribution in [2.24, 2.45) is 5.73 Å². The molecule has 7 heteroatoms. The number of halogens is 1. The zero-order valence-electron chi connectivity index (χ0n) is 13.6. The summed E-state index contributed by atoms with van der Waals surface area (Å²) in [5, 5.41) is 6.92. The Kier molecular flexibility index (Phi) is 3.87. The molecule has 3 N–H and O–H groups in total. The van der Waals surface area contributed by atoms with E-state index in [0.717, 1.165) is 24.1 Å². The van der Waals surface area contributed by atoms with E-state index in [1.807, 2.05) is 0 Å². The number of benzene rings is 1. The van der Waals surface area contributed by atoms with Crippen LogP contribution >= 0.6 is 0 Å². The van der Waals surface area contributed by atoms with Gasteiger partial charge in [0.05, 0.1) is 0 Å². The molecule has 0 saturated carbocycles. The monoisotopic (exact) mass is 330 g/mol. The molecule has 0 unspecified atom stereocenters. The van der Waals surface area contributed by atoms with Crippen LogP contribution in [0.25, 0.3) is 5.69 Å². The second-order valence-corrected chi connectivity index (χ2v) is 6.43. The van der Waals surface area contributed by atoms with Gasteiger partial charge >= 0.3 is 0 Å². The van der Waals surface area contributed by atoms with Crippen LogP contribution in [0.15, 0.2) is 24.3 Å². The zero-order chi connectivity index (χ0) is 17.5. The van der Waals surface area contributed by atoms with Crippen LogP contribution in [0.5, 0.6) is 0 Å². The number of hydrogen-bond donors (Lipinski definition) is 2. The van der Waals surface area contributed by atoms with Crippen molar-refractivity contribution in [1.29, 1.82) is 0 Å². The lowest BCUT2D eigenvalue weighted by Gasteiger charge is -2.21. The second-order valence-electron chi connectivity index (χ2n) is 6.43. The zero-order valence-corrected chi connectivity index (χ0v) is 13.6. The molecule has 1 aromatic heterocycles. The first-order valence-electron chi connectivity index (χ1n) is 7.79. The molecule has 1 aliphatic rings. The minimum absolute atomic E-state index is 0.222. The number of nitrogens with two attached hydrogens (primary N) is 1. The summed E-state index contributed by atoms with van der Waals surface area (Å²) in [5.41, 5.74) is 6.28. The number of hydrogen-bond acceptors (Lipinski definition) is 3. The average molecular weight is 330 g/mol. The highest BCUT2D eigenvalue weighted by atomic mass is 19.1. The summed E-state index contributed by atoms with van der Waals surface area (Å²) in [5.74, 6) is -1.52. The summed E-state index contributed by atoms with van der Waals surface area (Å²) >= 11 is 0. The first-order valence-corrected chi connectivity index (χ1v) is 7.79. The number of primary amides is 1. The van der Waals surface area contributed by atoms with Gasteiger partial charge in [-0.25, -0.2) is 9.07 Å². The molecule has 1 aliphatic carbocycles. The third-order valence-corrected chi connectivity index (χ3v) is 4.27. The van der Waals surface area contributed by atoms with Crippen LogP contribution in [0.2, 0.25) is 0 Å². The van der Waals surface area contributed by atoms with Gasteiger partial charge < -0.3 is 11.1 Å². The highest BCUT2D eigenvalue weighted by molar-refractivity contribution is 5.98. The Balaban J connectivity index is 2.02. The van der Waals surface area contributed by atoms with Crippen molar-refractivity contribution in [3.8, 4) is 5.69 Å². The van der Waals surface area contributed by atoms with Gasteiger partial charge in [-0.2, -0.15) is 5.10 Å². The van der Waals surface area contributed by atoms with Crippen molar-refractivity contribution in [1.82, 2.24) is 15.1 Å². The SMILES string of the molecule is CC(C)(NC(=O)c1nn(-c2ccccc2F)c2c1CCC2)C(N)=O. The molecular weight excluding hydrogens is 311 g/mol. The number of para-hydroxylation sites is 1. The minimum Gasteiger partial charge on any atom is -0.368 e. The fourth-order valence-electron chi connectivity index (χ4n) is 2.85. The Hall–Kier alpha value is -2.70. The summed E-state index contributed by atoms with van der Waals surface area (Å²) in [6, 6.07) is 6.30. The quantitative estimate of drug-likeness (QED) is 0.890. The molecule has 0 spiro atoms. The number of aromatic nitrogens is 2. The molecule has 6 nitrogen and oxygen atoms in total. The van der Waals surface area contributed by atoms with Crippen molar-refractivity contribution < 1.29 is 14.0 Å². The van der Waals surface area contributed by atoms with Gasteiger partial charge in [-0.1, -0.05) is 12.1 Å². The molecule has 0 atom stereocenters. The average Bonchev–Trinajstić information content (AvgIpc) is 3.09. The van der Waals surface area contributed by atoms with Crippen molar-refractivity contribution >= 4 is 11.8 Å². The predicted octanol–water partition coefficient (Wildman–Crippen LogP) is 1.49. The predicted molar refractivity (Wildman–Crippen MR) is 86.3 cm³/mol. The molecule has 126 valence electrons. The van der Waals surface area contributed by atoms with E-state index in [1.165, 1.54) is 24.6 Å². The van der Waals surface area contributed by atoms with E-state index in [9.17, 15) is 14.0 Å². The highest BCUT2D eigenvalue weighted by Crippen LogP contribution is 2.28. The molecule has 2 amide bonds. The van der Waals surface area contributed by atoms with E-state index in [-0.39, 0.29) is 5.69 Å². The van der Waals surface area contributed by atoms with Crippen molar-refractivity contribution in [2.75, 3.05) is 0 Å².